The summed E-state index contributed by atoms with van der Waals surface area (Å²) in [5.74, 6) is 0.476. The number of carbonyl (C=O) groups is 1. The summed E-state index contributed by atoms with van der Waals surface area (Å²) in [6, 6.07) is 12.6. The third kappa shape index (κ3) is 3.57. The number of benzene rings is 2. The summed E-state index contributed by atoms with van der Waals surface area (Å²) in [6.45, 7) is 0.336. The van der Waals surface area contributed by atoms with E-state index < -0.39 is 0 Å². The van der Waals surface area contributed by atoms with Crippen molar-refractivity contribution in [2.45, 2.75) is 38.3 Å². The molecule has 0 unspecified atom stereocenters. The number of amides is 1. The third-order valence-electron chi connectivity index (χ3n) is 4.80. The fourth-order valence-electron chi connectivity index (χ4n) is 3.53. The Balaban J connectivity index is 1.65. The molecule has 4 rings (SSSR count). The average Bonchev–Trinajstić information content (AvgIpc) is 3.28. The molecule has 26 heavy (non-hydrogen) atoms. The molecular weight excluding hydrogens is 371 g/mol. The maximum atomic E-state index is 13.1. The first-order valence-electron chi connectivity index (χ1n) is 8.72. The zero-order valence-electron chi connectivity index (χ0n) is 14.1. The maximum Gasteiger partial charge on any atom is 0.254 e. The Morgan fingerprint density at radius 2 is 1.88 bits per heavy atom. The highest BCUT2D eigenvalue weighted by Crippen LogP contribution is 2.28. The van der Waals surface area contributed by atoms with Crippen LogP contribution in [-0.4, -0.2) is 21.8 Å². The van der Waals surface area contributed by atoms with Crippen molar-refractivity contribution in [2.24, 2.45) is 0 Å². The monoisotopic (exact) mass is 388 g/mol. The van der Waals surface area contributed by atoms with Crippen LogP contribution < -0.4 is 0 Å². The van der Waals surface area contributed by atoms with Crippen molar-refractivity contribution in [1.29, 1.82) is 0 Å². The minimum absolute atomic E-state index is 0.0420. The second-order valence-corrected chi connectivity index (χ2v) is 7.47. The van der Waals surface area contributed by atoms with E-state index in [1.165, 1.54) is 0 Å². The maximum absolute atomic E-state index is 13.1. The molecule has 0 atom stereocenters. The number of nitrogens with zero attached hydrogens (tertiary/aromatic N) is 2. The Hall–Kier alpha value is -2.04. The van der Waals surface area contributed by atoms with E-state index in [-0.39, 0.29) is 11.9 Å². The Labute approximate surface area is 161 Å². The number of carbonyl (C=O) groups excluding carboxylic acids is 1. The lowest BCUT2D eigenvalue weighted by Crippen LogP contribution is -2.38. The fraction of sp³-hybridized carbons (Fsp3) is 0.300. The lowest BCUT2D eigenvalue weighted by atomic mass is 10.1. The number of halogens is 2. The van der Waals surface area contributed by atoms with Crippen LogP contribution in [0.5, 0.6) is 0 Å². The molecule has 6 heteroatoms. The van der Waals surface area contributed by atoms with E-state index in [0.29, 0.717) is 39.1 Å². The summed E-state index contributed by atoms with van der Waals surface area (Å²) in [5, 5.41) is 1.17. The van der Waals surface area contributed by atoms with Gasteiger partial charge in [-0.3, -0.25) is 4.79 Å². The highest BCUT2D eigenvalue weighted by molar-refractivity contribution is 6.31. The molecule has 0 saturated heterocycles. The predicted molar refractivity (Wildman–Crippen MR) is 103 cm³/mol. The van der Waals surface area contributed by atoms with Gasteiger partial charge in [0.2, 0.25) is 5.89 Å². The van der Waals surface area contributed by atoms with Crippen molar-refractivity contribution in [3.05, 3.63) is 64.0 Å². The van der Waals surface area contributed by atoms with Crippen LogP contribution in [0, 0.1) is 0 Å². The molecule has 1 aromatic heterocycles. The predicted octanol–water partition coefficient (Wildman–Crippen LogP) is 5.72. The van der Waals surface area contributed by atoms with E-state index in [1.807, 2.05) is 4.90 Å². The Morgan fingerprint density at radius 1 is 1.12 bits per heavy atom. The summed E-state index contributed by atoms with van der Waals surface area (Å²) in [7, 11) is 0. The first-order valence-corrected chi connectivity index (χ1v) is 9.47. The van der Waals surface area contributed by atoms with Gasteiger partial charge in [0.05, 0.1) is 6.54 Å². The second kappa shape index (κ2) is 7.29. The Bertz CT molecular complexity index is 948. The smallest absolute Gasteiger partial charge is 0.254 e. The molecule has 1 heterocycles. The van der Waals surface area contributed by atoms with Crippen LogP contribution in [0.15, 0.2) is 46.9 Å². The number of hydrogen-bond acceptors (Lipinski definition) is 3. The highest BCUT2D eigenvalue weighted by Gasteiger charge is 2.29. The van der Waals surface area contributed by atoms with Crippen LogP contribution in [0.4, 0.5) is 0 Å². The minimum Gasteiger partial charge on any atom is -0.439 e. The van der Waals surface area contributed by atoms with Gasteiger partial charge in [-0.2, -0.15) is 0 Å². The van der Waals surface area contributed by atoms with Crippen molar-refractivity contribution >= 4 is 40.2 Å². The van der Waals surface area contributed by atoms with Crippen LogP contribution in [0.3, 0.4) is 0 Å². The van der Waals surface area contributed by atoms with E-state index in [0.717, 1.165) is 25.7 Å². The van der Waals surface area contributed by atoms with E-state index in [9.17, 15) is 4.79 Å². The first-order chi connectivity index (χ1) is 12.6. The topological polar surface area (TPSA) is 46.3 Å². The third-order valence-corrected chi connectivity index (χ3v) is 5.27. The average molecular weight is 389 g/mol. The van der Waals surface area contributed by atoms with Crippen LogP contribution in [0.25, 0.3) is 11.1 Å². The summed E-state index contributed by atoms with van der Waals surface area (Å²) in [4.78, 5) is 19.5. The number of aromatic nitrogens is 1. The molecule has 1 aliphatic carbocycles. The summed E-state index contributed by atoms with van der Waals surface area (Å²) in [6.07, 6.45) is 4.26. The van der Waals surface area contributed by atoms with Crippen molar-refractivity contribution < 1.29 is 9.21 Å². The lowest BCUT2D eigenvalue weighted by molar-refractivity contribution is 0.0646. The van der Waals surface area contributed by atoms with Crippen molar-refractivity contribution in [2.75, 3.05) is 0 Å². The molecule has 3 aromatic rings. The van der Waals surface area contributed by atoms with Gasteiger partial charge in [-0.15, -0.1) is 0 Å². The van der Waals surface area contributed by atoms with E-state index in [1.54, 1.807) is 42.5 Å². The van der Waals surface area contributed by atoms with E-state index in [4.69, 9.17) is 27.6 Å². The first kappa shape index (κ1) is 17.4. The van der Waals surface area contributed by atoms with Gasteiger partial charge < -0.3 is 9.32 Å². The molecule has 1 fully saturated rings. The van der Waals surface area contributed by atoms with Gasteiger partial charge in [0.1, 0.15) is 5.52 Å². The molecule has 0 radical (unpaired) electrons. The molecule has 0 spiro atoms. The molecule has 4 nitrogen and oxygen atoms in total. The van der Waals surface area contributed by atoms with E-state index >= 15 is 0 Å². The van der Waals surface area contributed by atoms with Gasteiger partial charge in [0, 0.05) is 21.7 Å². The van der Waals surface area contributed by atoms with Gasteiger partial charge in [-0.1, -0.05) is 42.1 Å². The van der Waals surface area contributed by atoms with Crippen LogP contribution >= 0.6 is 23.2 Å². The normalized spacial score (nSPS) is 14.8. The second-order valence-electron chi connectivity index (χ2n) is 6.60. The molecular formula is C20H18Cl2N2O2. The van der Waals surface area contributed by atoms with E-state index in [2.05, 4.69) is 4.98 Å². The quantitative estimate of drug-likeness (QED) is 0.573. The van der Waals surface area contributed by atoms with Crippen molar-refractivity contribution in [3.8, 4) is 0 Å². The number of oxazole rings is 1. The zero-order chi connectivity index (χ0) is 18.1. The van der Waals surface area contributed by atoms with Gasteiger partial charge in [-0.05, 0) is 49.2 Å². The van der Waals surface area contributed by atoms with Crippen LogP contribution in [-0.2, 0) is 6.54 Å². The molecule has 0 N–H and O–H groups in total. The minimum atomic E-state index is -0.0420. The zero-order valence-corrected chi connectivity index (χ0v) is 15.6. The summed E-state index contributed by atoms with van der Waals surface area (Å²) in [5.41, 5.74) is 1.96. The molecule has 2 aromatic carbocycles. The Morgan fingerprint density at radius 3 is 2.65 bits per heavy atom. The lowest BCUT2D eigenvalue weighted by Gasteiger charge is -2.28. The highest BCUT2D eigenvalue weighted by atomic mass is 35.5. The number of fused-ring (bicyclic) bond motifs is 1. The van der Waals surface area contributed by atoms with Crippen molar-refractivity contribution in [3.63, 3.8) is 0 Å². The molecule has 1 amide bonds. The largest absolute Gasteiger partial charge is 0.439 e. The number of rotatable bonds is 4. The van der Waals surface area contributed by atoms with Crippen molar-refractivity contribution in [1.82, 2.24) is 9.88 Å². The summed E-state index contributed by atoms with van der Waals surface area (Å²) < 4.78 is 5.83. The van der Waals surface area contributed by atoms with Crippen LogP contribution in [0.2, 0.25) is 10.0 Å². The molecule has 134 valence electrons. The molecule has 1 aliphatic rings. The number of hydrogen-bond donors (Lipinski definition) is 0. The van der Waals surface area contributed by atoms with Gasteiger partial charge in [0.15, 0.2) is 5.58 Å². The van der Waals surface area contributed by atoms with Gasteiger partial charge >= 0.3 is 0 Å². The van der Waals surface area contributed by atoms with Gasteiger partial charge in [0.25, 0.3) is 5.91 Å². The Kier molecular flexibility index (Phi) is 4.88. The SMILES string of the molecule is O=C(c1cccc(Cl)c1)N(Cc1nc2cc(Cl)ccc2o1)C1CCCC1. The molecule has 1 saturated carbocycles. The standard InChI is InChI=1S/C20H18Cl2N2O2/c21-14-5-3-4-13(10-14)20(25)24(16-6-1-2-7-16)12-19-23-17-11-15(22)8-9-18(17)26-19/h3-5,8-11,16H,1-2,6-7,12H2. The summed E-state index contributed by atoms with van der Waals surface area (Å²) >= 11 is 12.1. The molecule has 0 aliphatic heterocycles. The molecule has 0 bridgehead atoms. The van der Waals surface area contributed by atoms with Crippen LogP contribution in [0.1, 0.15) is 41.9 Å². The fourth-order valence-corrected chi connectivity index (χ4v) is 3.89. The van der Waals surface area contributed by atoms with Gasteiger partial charge in [-0.25, -0.2) is 4.98 Å².